The molecule has 114 valence electrons. The summed E-state index contributed by atoms with van der Waals surface area (Å²) in [6, 6.07) is 7.37. The summed E-state index contributed by atoms with van der Waals surface area (Å²) in [6.45, 7) is 2.57. The number of hydrogen-bond acceptors (Lipinski definition) is 4. The van der Waals surface area contributed by atoms with Crippen LogP contribution in [0.2, 0.25) is 0 Å². The van der Waals surface area contributed by atoms with Gasteiger partial charge in [-0.15, -0.1) is 0 Å². The van der Waals surface area contributed by atoms with Crippen molar-refractivity contribution < 1.29 is 9.59 Å². The van der Waals surface area contributed by atoms with Gasteiger partial charge in [-0.2, -0.15) is 0 Å². The van der Waals surface area contributed by atoms with Gasteiger partial charge >= 0.3 is 0 Å². The van der Waals surface area contributed by atoms with Crippen molar-refractivity contribution >= 4 is 11.8 Å². The Hall–Kier alpha value is -1.92. The third-order valence-corrected chi connectivity index (χ3v) is 3.88. The van der Waals surface area contributed by atoms with Crippen LogP contribution in [-0.4, -0.2) is 36.9 Å². The summed E-state index contributed by atoms with van der Waals surface area (Å²) in [5.41, 5.74) is 3.78. The number of hydrazine groups is 1. The smallest absolute Gasteiger partial charge is 0.265 e. The monoisotopic (exact) mass is 290 g/mol. The molecule has 6 nitrogen and oxygen atoms in total. The van der Waals surface area contributed by atoms with Gasteiger partial charge in [0.05, 0.1) is 5.92 Å². The second kappa shape index (κ2) is 7.19. The Bertz CT molecular complexity index is 501. The van der Waals surface area contributed by atoms with Crippen LogP contribution in [0.15, 0.2) is 24.3 Å². The number of benzene rings is 1. The van der Waals surface area contributed by atoms with Gasteiger partial charge in [0.1, 0.15) is 0 Å². The molecule has 6 heteroatoms. The third kappa shape index (κ3) is 4.03. The minimum Gasteiger partial charge on any atom is -0.359 e. The molecule has 2 amide bonds. The molecular weight excluding hydrogens is 268 g/mol. The lowest BCUT2D eigenvalue weighted by molar-refractivity contribution is -0.126. The molecule has 0 radical (unpaired) electrons. The van der Waals surface area contributed by atoms with Crippen molar-refractivity contribution in [2.24, 2.45) is 11.8 Å². The highest BCUT2D eigenvalue weighted by Gasteiger charge is 2.24. The normalized spacial score (nSPS) is 19.0. The fourth-order valence-electron chi connectivity index (χ4n) is 2.72. The predicted octanol–water partition coefficient (Wildman–Crippen LogP) is 0.248. The number of carbonyl (C=O) groups excluding carboxylic acids is 2. The van der Waals surface area contributed by atoms with Gasteiger partial charge in [0.25, 0.3) is 5.91 Å². The van der Waals surface area contributed by atoms with E-state index in [1.54, 1.807) is 19.2 Å². The molecule has 1 atom stereocenters. The van der Waals surface area contributed by atoms with Gasteiger partial charge in [-0.1, -0.05) is 12.1 Å². The number of nitrogens with two attached hydrogens (primary N) is 1. The number of nitrogens with one attached hydrogen (secondary N) is 2. The summed E-state index contributed by atoms with van der Waals surface area (Å²) in [7, 11) is 1.68. The summed E-state index contributed by atoms with van der Waals surface area (Å²) >= 11 is 0. The number of amides is 2. The van der Waals surface area contributed by atoms with E-state index in [0.717, 1.165) is 38.0 Å². The number of rotatable bonds is 4. The van der Waals surface area contributed by atoms with Crippen LogP contribution in [0.1, 0.15) is 28.8 Å². The molecule has 1 saturated heterocycles. The second-order valence-corrected chi connectivity index (χ2v) is 5.36. The van der Waals surface area contributed by atoms with Crippen LogP contribution in [0.4, 0.5) is 0 Å². The van der Waals surface area contributed by atoms with E-state index >= 15 is 0 Å². The summed E-state index contributed by atoms with van der Waals surface area (Å²) in [4.78, 5) is 25.4. The lowest BCUT2D eigenvalue weighted by Crippen LogP contribution is -2.41. The van der Waals surface area contributed by atoms with E-state index in [2.05, 4.69) is 15.6 Å². The Balaban J connectivity index is 1.95. The first kappa shape index (κ1) is 15.5. The molecule has 2 rings (SSSR count). The van der Waals surface area contributed by atoms with Crippen LogP contribution < -0.4 is 16.6 Å². The highest BCUT2D eigenvalue weighted by Crippen LogP contribution is 2.19. The lowest BCUT2D eigenvalue weighted by Gasteiger charge is -2.31. The zero-order chi connectivity index (χ0) is 15.2. The van der Waals surface area contributed by atoms with E-state index in [9.17, 15) is 9.59 Å². The molecular formula is C15H22N4O2. The molecule has 1 aliphatic heterocycles. The fraction of sp³-hybridized carbons (Fsp3) is 0.467. The van der Waals surface area contributed by atoms with E-state index in [1.807, 2.05) is 12.1 Å². The van der Waals surface area contributed by atoms with Crippen molar-refractivity contribution in [3.8, 4) is 0 Å². The highest BCUT2D eigenvalue weighted by atomic mass is 16.2. The van der Waals surface area contributed by atoms with Crippen molar-refractivity contribution in [2.75, 3.05) is 20.1 Å². The van der Waals surface area contributed by atoms with Crippen LogP contribution >= 0.6 is 0 Å². The van der Waals surface area contributed by atoms with Crippen molar-refractivity contribution in [3.63, 3.8) is 0 Å². The van der Waals surface area contributed by atoms with Gasteiger partial charge in [0.15, 0.2) is 0 Å². The van der Waals surface area contributed by atoms with E-state index in [0.29, 0.717) is 5.56 Å². The molecule has 1 heterocycles. The van der Waals surface area contributed by atoms with Gasteiger partial charge in [0, 0.05) is 25.7 Å². The van der Waals surface area contributed by atoms with Crippen LogP contribution in [-0.2, 0) is 11.3 Å². The van der Waals surface area contributed by atoms with Gasteiger partial charge in [-0.05, 0) is 37.1 Å². The number of likely N-dealkylation sites (tertiary alicyclic amines) is 1. The van der Waals surface area contributed by atoms with Crippen LogP contribution in [0.5, 0.6) is 0 Å². The zero-order valence-corrected chi connectivity index (χ0v) is 12.3. The Morgan fingerprint density at radius 1 is 1.33 bits per heavy atom. The number of piperidine rings is 1. The summed E-state index contributed by atoms with van der Waals surface area (Å²) in [5.74, 6) is 5.01. The minimum absolute atomic E-state index is 0.0750. The molecule has 0 saturated carbocycles. The topological polar surface area (TPSA) is 87.5 Å². The number of nitrogen functional groups attached to an aromatic ring is 1. The van der Waals surface area contributed by atoms with Crippen molar-refractivity contribution in [2.45, 2.75) is 19.4 Å². The molecule has 1 fully saturated rings. The summed E-state index contributed by atoms with van der Waals surface area (Å²) in [6.07, 6.45) is 1.98. The van der Waals surface area contributed by atoms with Gasteiger partial charge in [0.2, 0.25) is 5.91 Å². The Labute approximate surface area is 124 Å². The van der Waals surface area contributed by atoms with Crippen molar-refractivity contribution in [1.82, 2.24) is 15.6 Å². The molecule has 0 aliphatic carbocycles. The molecule has 0 bridgehead atoms. The molecule has 0 spiro atoms. The Kier molecular flexibility index (Phi) is 5.30. The summed E-state index contributed by atoms with van der Waals surface area (Å²) in [5, 5.41) is 2.72. The Morgan fingerprint density at radius 2 is 2.05 bits per heavy atom. The van der Waals surface area contributed by atoms with Crippen molar-refractivity contribution in [1.29, 1.82) is 0 Å². The molecule has 1 aromatic carbocycles. The van der Waals surface area contributed by atoms with Gasteiger partial charge < -0.3 is 5.32 Å². The maximum atomic E-state index is 11.7. The maximum absolute atomic E-state index is 11.7. The standard InChI is InChI=1S/C15H22N4O2/c1-17-14(20)13-3-2-8-19(10-13)9-11-4-6-12(7-5-11)15(21)18-16/h4-7,13H,2-3,8-10,16H2,1H3,(H,17,20)(H,18,21). The number of nitrogens with zero attached hydrogens (tertiary/aromatic N) is 1. The van der Waals surface area contributed by atoms with E-state index < -0.39 is 0 Å². The zero-order valence-electron chi connectivity index (χ0n) is 12.3. The fourth-order valence-corrected chi connectivity index (χ4v) is 2.72. The Morgan fingerprint density at radius 3 is 2.67 bits per heavy atom. The van der Waals surface area contributed by atoms with Crippen molar-refractivity contribution in [3.05, 3.63) is 35.4 Å². The molecule has 1 aliphatic rings. The molecule has 1 aromatic rings. The van der Waals surface area contributed by atoms with E-state index in [4.69, 9.17) is 5.84 Å². The predicted molar refractivity (Wildman–Crippen MR) is 80.2 cm³/mol. The lowest BCUT2D eigenvalue weighted by atomic mass is 9.96. The average Bonchev–Trinajstić information content (AvgIpc) is 2.54. The van der Waals surface area contributed by atoms with Crippen LogP contribution in [0.25, 0.3) is 0 Å². The van der Waals surface area contributed by atoms with Crippen LogP contribution in [0, 0.1) is 5.92 Å². The maximum Gasteiger partial charge on any atom is 0.265 e. The van der Waals surface area contributed by atoms with Gasteiger partial charge in [-0.25, -0.2) is 5.84 Å². The second-order valence-electron chi connectivity index (χ2n) is 5.36. The number of carbonyl (C=O) groups is 2. The van der Waals surface area contributed by atoms with Gasteiger partial charge in [-0.3, -0.25) is 19.9 Å². The summed E-state index contributed by atoms with van der Waals surface area (Å²) < 4.78 is 0. The molecule has 0 aromatic heterocycles. The minimum atomic E-state index is -0.292. The molecule has 4 N–H and O–H groups in total. The quantitative estimate of drug-likeness (QED) is 0.421. The van der Waals surface area contributed by atoms with E-state index in [1.165, 1.54) is 0 Å². The highest BCUT2D eigenvalue weighted by molar-refractivity contribution is 5.93. The first-order chi connectivity index (χ1) is 10.1. The van der Waals surface area contributed by atoms with E-state index in [-0.39, 0.29) is 17.7 Å². The first-order valence-corrected chi connectivity index (χ1v) is 7.18. The molecule has 21 heavy (non-hydrogen) atoms. The third-order valence-electron chi connectivity index (χ3n) is 3.88. The first-order valence-electron chi connectivity index (χ1n) is 7.18. The number of hydrogen-bond donors (Lipinski definition) is 3. The largest absolute Gasteiger partial charge is 0.359 e. The SMILES string of the molecule is CNC(=O)C1CCCN(Cc2ccc(C(=O)NN)cc2)C1. The molecule has 1 unspecified atom stereocenters. The average molecular weight is 290 g/mol. The van der Waals surface area contributed by atoms with Crippen LogP contribution in [0.3, 0.4) is 0 Å².